The number of benzene rings is 2. The summed E-state index contributed by atoms with van der Waals surface area (Å²) >= 11 is 0. The molecule has 0 spiro atoms. The molecule has 2 heterocycles. The van der Waals surface area contributed by atoms with Gasteiger partial charge in [0.05, 0.1) is 12.8 Å². The third kappa shape index (κ3) is 7.87. The Bertz CT molecular complexity index is 1530. The van der Waals surface area contributed by atoms with Crippen LogP contribution in [0.4, 0.5) is 60.9 Å². The number of halogens is 6. The number of hydrogen-bond acceptors (Lipinski definition) is 8. The summed E-state index contributed by atoms with van der Waals surface area (Å²) in [5.41, 5.74) is 0.296. The molecule has 2 amide bonds. The number of carbonyl (C=O) groups is 2. The van der Waals surface area contributed by atoms with E-state index in [0.29, 0.717) is 36.2 Å². The molecule has 1 aromatic heterocycles. The molecule has 2 aromatic carbocycles. The zero-order chi connectivity index (χ0) is 32.1. The summed E-state index contributed by atoms with van der Waals surface area (Å²) in [4.78, 5) is 33.7. The van der Waals surface area contributed by atoms with Crippen LogP contribution in [0.25, 0.3) is 0 Å². The molecule has 44 heavy (non-hydrogen) atoms. The lowest BCUT2D eigenvalue weighted by molar-refractivity contribution is -0.185. The number of carbonyl (C=O) groups excluding carboxylic acids is 2. The highest BCUT2D eigenvalue weighted by atomic mass is 19.4. The molecule has 1 saturated heterocycles. The average molecular weight is 624 g/mol. The second-order valence-corrected chi connectivity index (χ2v) is 9.49. The van der Waals surface area contributed by atoms with E-state index in [2.05, 4.69) is 32.5 Å². The molecule has 3 N–H and O–H groups in total. The van der Waals surface area contributed by atoms with Crippen molar-refractivity contribution in [3.63, 3.8) is 0 Å². The van der Waals surface area contributed by atoms with Crippen LogP contribution in [-0.2, 0) is 15.8 Å². The maximum Gasteiger partial charge on any atom is 0.471 e. The monoisotopic (exact) mass is 623 g/mol. The summed E-state index contributed by atoms with van der Waals surface area (Å²) in [5, 5.41) is 7.98. The third-order valence-electron chi connectivity index (χ3n) is 6.49. The van der Waals surface area contributed by atoms with Gasteiger partial charge in [-0.15, -0.1) is 0 Å². The fourth-order valence-corrected chi connectivity index (χ4v) is 4.41. The lowest BCUT2D eigenvalue weighted by atomic mass is 10.2. The van der Waals surface area contributed by atoms with E-state index in [4.69, 9.17) is 4.74 Å². The zero-order valence-electron chi connectivity index (χ0n) is 23.2. The van der Waals surface area contributed by atoms with Gasteiger partial charge >= 0.3 is 18.3 Å². The van der Waals surface area contributed by atoms with E-state index in [9.17, 15) is 35.9 Å². The van der Waals surface area contributed by atoms with Gasteiger partial charge in [-0.3, -0.25) is 9.59 Å². The molecule has 10 nitrogen and oxygen atoms in total. The van der Waals surface area contributed by atoms with Crippen molar-refractivity contribution in [1.82, 2.24) is 14.9 Å². The Labute approximate surface area is 247 Å². The molecule has 1 fully saturated rings. The lowest BCUT2D eigenvalue weighted by Gasteiger charge is -2.25. The lowest BCUT2D eigenvalue weighted by Crippen LogP contribution is -2.43. The Morgan fingerprint density at radius 3 is 2.41 bits per heavy atom. The molecule has 0 bridgehead atoms. The molecule has 0 saturated carbocycles. The van der Waals surface area contributed by atoms with Gasteiger partial charge in [0, 0.05) is 55.5 Å². The number of aromatic nitrogens is 2. The normalized spacial score (nSPS) is 14.0. The Morgan fingerprint density at radius 1 is 0.977 bits per heavy atom. The minimum atomic E-state index is -4.95. The molecule has 16 heteroatoms. The van der Waals surface area contributed by atoms with Gasteiger partial charge < -0.3 is 30.5 Å². The van der Waals surface area contributed by atoms with E-state index in [0.717, 1.165) is 11.0 Å². The summed E-state index contributed by atoms with van der Waals surface area (Å²) in [6.07, 6.45) is -7.76. The molecule has 0 atom stereocenters. The summed E-state index contributed by atoms with van der Waals surface area (Å²) in [6.45, 7) is 3.72. The number of anilines is 6. The molecule has 1 aliphatic rings. The Morgan fingerprint density at radius 2 is 1.73 bits per heavy atom. The summed E-state index contributed by atoms with van der Waals surface area (Å²) < 4.78 is 85.5. The smallest absolute Gasteiger partial charge is 0.471 e. The van der Waals surface area contributed by atoms with Gasteiger partial charge in [-0.05, 0) is 42.8 Å². The average Bonchev–Trinajstić information content (AvgIpc) is 3.22. The maximum atomic E-state index is 13.8. The summed E-state index contributed by atoms with van der Waals surface area (Å²) in [7, 11) is 1.37. The van der Waals surface area contributed by atoms with E-state index in [1.165, 1.54) is 25.3 Å². The SMILES string of the molecule is C=CC(=O)Nc1cccc(Nc2nc(Nc3ccc(N4CCCN(C(=O)C(F)(F)F)CC4)cc3OC)ncc2C(F)(F)F)c1. The summed E-state index contributed by atoms with van der Waals surface area (Å²) in [5.74, 6) is -2.87. The first kappa shape index (κ1) is 31.9. The first-order valence-corrected chi connectivity index (χ1v) is 13.1. The predicted octanol–water partition coefficient (Wildman–Crippen LogP) is 5.72. The van der Waals surface area contributed by atoms with Crippen molar-refractivity contribution in [2.45, 2.75) is 18.8 Å². The number of methoxy groups -OCH3 is 1. The van der Waals surface area contributed by atoms with Gasteiger partial charge in [-0.1, -0.05) is 12.6 Å². The fourth-order valence-electron chi connectivity index (χ4n) is 4.41. The first-order valence-electron chi connectivity index (χ1n) is 13.1. The predicted molar refractivity (Wildman–Crippen MR) is 151 cm³/mol. The maximum absolute atomic E-state index is 13.8. The Hall–Kier alpha value is -5.02. The van der Waals surface area contributed by atoms with Gasteiger partial charge in [0.15, 0.2) is 0 Å². The zero-order valence-corrected chi connectivity index (χ0v) is 23.2. The van der Waals surface area contributed by atoms with Crippen molar-refractivity contribution in [2.24, 2.45) is 0 Å². The van der Waals surface area contributed by atoms with Gasteiger partial charge in [0.1, 0.15) is 17.1 Å². The number of nitrogens with one attached hydrogen (secondary N) is 3. The molecule has 0 radical (unpaired) electrons. The van der Waals surface area contributed by atoms with Gasteiger partial charge in [-0.25, -0.2) is 4.98 Å². The third-order valence-corrected chi connectivity index (χ3v) is 6.49. The topological polar surface area (TPSA) is 112 Å². The van der Waals surface area contributed by atoms with E-state index < -0.39 is 35.5 Å². The Kier molecular flexibility index (Phi) is 9.50. The second-order valence-electron chi connectivity index (χ2n) is 9.49. The standard InChI is InChI=1S/C28H27F6N7O3/c1-3-23(42)36-17-6-4-7-18(14-17)37-24-20(27(29,30)31)16-35-26(39-24)38-21-9-8-19(15-22(21)44-2)40-10-5-11-41(13-12-40)25(43)28(32,33)34/h3-4,6-9,14-16H,1,5,10-13H2,2H3,(H,36,42)(H2,35,37,38,39). The van der Waals surface area contributed by atoms with E-state index >= 15 is 0 Å². The number of hydrogen-bond donors (Lipinski definition) is 3. The largest absolute Gasteiger partial charge is 0.494 e. The van der Waals surface area contributed by atoms with Crippen molar-refractivity contribution in [3.05, 3.63) is 66.9 Å². The molecule has 0 unspecified atom stereocenters. The van der Waals surface area contributed by atoms with Crippen LogP contribution in [0.15, 0.2) is 61.3 Å². The molecular formula is C28H27F6N7O3. The quantitative estimate of drug-likeness (QED) is 0.216. The van der Waals surface area contributed by atoms with Gasteiger partial charge in [0.25, 0.3) is 0 Å². The number of alkyl halides is 6. The number of rotatable bonds is 8. The minimum Gasteiger partial charge on any atom is -0.494 e. The van der Waals surface area contributed by atoms with Crippen LogP contribution in [-0.4, -0.2) is 66.1 Å². The van der Waals surface area contributed by atoms with E-state index in [-0.39, 0.29) is 37.0 Å². The molecule has 3 aromatic rings. The number of amides is 2. The van der Waals surface area contributed by atoms with Crippen LogP contribution in [0.1, 0.15) is 12.0 Å². The highest BCUT2D eigenvalue weighted by Gasteiger charge is 2.42. The van der Waals surface area contributed by atoms with Crippen molar-refractivity contribution in [2.75, 3.05) is 54.1 Å². The summed E-state index contributed by atoms with van der Waals surface area (Å²) in [6, 6.07) is 10.8. The highest BCUT2D eigenvalue weighted by molar-refractivity contribution is 5.99. The van der Waals surface area contributed by atoms with E-state index in [1.54, 1.807) is 29.2 Å². The molecule has 4 rings (SSSR count). The van der Waals surface area contributed by atoms with Crippen molar-refractivity contribution < 1.29 is 40.7 Å². The fraction of sp³-hybridized carbons (Fsp3) is 0.286. The van der Waals surface area contributed by atoms with Crippen molar-refractivity contribution in [1.29, 1.82) is 0 Å². The van der Waals surface area contributed by atoms with Crippen molar-refractivity contribution >= 4 is 46.3 Å². The molecule has 0 aliphatic carbocycles. The first-order chi connectivity index (χ1) is 20.8. The van der Waals surface area contributed by atoms with Crippen LogP contribution in [0, 0.1) is 0 Å². The van der Waals surface area contributed by atoms with Crippen LogP contribution >= 0.6 is 0 Å². The molecule has 1 aliphatic heterocycles. The van der Waals surface area contributed by atoms with Gasteiger partial charge in [0.2, 0.25) is 11.9 Å². The van der Waals surface area contributed by atoms with Crippen LogP contribution < -0.4 is 25.6 Å². The minimum absolute atomic E-state index is 0.0407. The van der Waals surface area contributed by atoms with Crippen LogP contribution in [0.2, 0.25) is 0 Å². The highest BCUT2D eigenvalue weighted by Crippen LogP contribution is 2.37. The van der Waals surface area contributed by atoms with Gasteiger partial charge in [-0.2, -0.15) is 31.3 Å². The molecular weight excluding hydrogens is 596 g/mol. The van der Waals surface area contributed by atoms with E-state index in [1.807, 2.05) is 0 Å². The van der Waals surface area contributed by atoms with Crippen LogP contribution in [0.5, 0.6) is 5.75 Å². The van der Waals surface area contributed by atoms with Crippen molar-refractivity contribution in [3.8, 4) is 5.75 Å². The number of ether oxygens (including phenoxy) is 1. The molecule has 234 valence electrons. The second kappa shape index (κ2) is 13.1. The Balaban J connectivity index is 1.55. The van der Waals surface area contributed by atoms with Crippen LogP contribution in [0.3, 0.4) is 0 Å². The number of nitrogens with zero attached hydrogens (tertiary/aromatic N) is 4.